The molecule has 0 radical (unpaired) electrons. The third-order valence-corrected chi connectivity index (χ3v) is 3.91. The summed E-state index contributed by atoms with van der Waals surface area (Å²) in [6.45, 7) is 1.56. The maximum atomic E-state index is 11.1. The molecule has 0 aromatic heterocycles. The summed E-state index contributed by atoms with van der Waals surface area (Å²) < 4.78 is 4.60. The first-order valence-corrected chi connectivity index (χ1v) is 7.11. The van der Waals surface area contributed by atoms with Crippen LogP contribution in [0.3, 0.4) is 0 Å². The van der Waals surface area contributed by atoms with Gasteiger partial charge in [-0.05, 0) is 19.3 Å². The van der Waals surface area contributed by atoms with Crippen molar-refractivity contribution in [1.82, 2.24) is 10.2 Å². The number of nitrogens with one attached hydrogen (secondary N) is 1. The van der Waals surface area contributed by atoms with Crippen LogP contribution < -0.4 is 11.1 Å². The highest BCUT2D eigenvalue weighted by atomic mass is 16.5. The summed E-state index contributed by atoms with van der Waals surface area (Å²) in [5.41, 5.74) is 6.07. The first-order valence-electron chi connectivity index (χ1n) is 7.11. The molecule has 0 bridgehead atoms. The molecule has 1 saturated carbocycles. The number of rotatable bonds is 2. The molecule has 2 aliphatic rings. The van der Waals surface area contributed by atoms with Crippen LogP contribution in [0.1, 0.15) is 38.5 Å². The molecule has 6 nitrogen and oxygen atoms in total. The summed E-state index contributed by atoms with van der Waals surface area (Å²) in [7, 11) is 1.38. The molecule has 0 aromatic carbocycles. The SMILES string of the molecule is COC(=O)NC1CCN(C(N)=NC2CCCCC2)C1. The van der Waals surface area contributed by atoms with Gasteiger partial charge in [-0.3, -0.25) is 0 Å². The van der Waals surface area contributed by atoms with Gasteiger partial charge in [-0.15, -0.1) is 0 Å². The van der Waals surface area contributed by atoms with E-state index < -0.39 is 0 Å². The molecule has 1 amide bonds. The van der Waals surface area contributed by atoms with Crippen molar-refractivity contribution in [3.05, 3.63) is 0 Å². The number of hydrogen-bond acceptors (Lipinski definition) is 3. The lowest BCUT2D eigenvalue weighted by Crippen LogP contribution is -2.41. The molecule has 19 heavy (non-hydrogen) atoms. The van der Waals surface area contributed by atoms with Gasteiger partial charge in [0.15, 0.2) is 5.96 Å². The van der Waals surface area contributed by atoms with E-state index in [0.717, 1.165) is 32.4 Å². The molecule has 0 aromatic rings. The van der Waals surface area contributed by atoms with E-state index in [-0.39, 0.29) is 12.1 Å². The van der Waals surface area contributed by atoms with E-state index in [4.69, 9.17) is 5.73 Å². The summed E-state index contributed by atoms with van der Waals surface area (Å²) in [4.78, 5) is 17.8. The number of aliphatic imine (C=N–C) groups is 1. The lowest BCUT2D eigenvalue weighted by atomic mass is 9.96. The van der Waals surface area contributed by atoms with E-state index in [1.54, 1.807) is 0 Å². The van der Waals surface area contributed by atoms with Crippen LogP contribution in [0.5, 0.6) is 0 Å². The Labute approximate surface area is 114 Å². The number of amides is 1. The van der Waals surface area contributed by atoms with Gasteiger partial charge in [0.05, 0.1) is 19.2 Å². The zero-order valence-corrected chi connectivity index (χ0v) is 11.6. The second kappa shape index (κ2) is 6.63. The average Bonchev–Trinajstić information content (AvgIpc) is 2.88. The smallest absolute Gasteiger partial charge is 0.407 e. The number of alkyl carbamates (subject to hydrolysis) is 1. The summed E-state index contributed by atoms with van der Waals surface area (Å²) in [5, 5.41) is 2.80. The Bertz CT molecular complexity index is 340. The molecular formula is C13H24N4O2. The Kier molecular flexibility index (Phi) is 4.87. The molecule has 2 rings (SSSR count). The van der Waals surface area contributed by atoms with Crippen LogP contribution in [0, 0.1) is 0 Å². The lowest BCUT2D eigenvalue weighted by Gasteiger charge is -2.22. The predicted octanol–water partition coefficient (Wildman–Crippen LogP) is 1.06. The number of nitrogens with zero attached hydrogens (tertiary/aromatic N) is 2. The van der Waals surface area contributed by atoms with Gasteiger partial charge < -0.3 is 20.7 Å². The summed E-state index contributed by atoms with van der Waals surface area (Å²) in [5.74, 6) is 0.626. The van der Waals surface area contributed by atoms with Crippen LogP contribution in [0.2, 0.25) is 0 Å². The standard InChI is InChI=1S/C13H24N4O2/c1-19-13(18)16-11-7-8-17(9-11)12(14)15-10-5-3-2-4-6-10/h10-11H,2-9H2,1H3,(H2,14,15)(H,16,18). The summed E-state index contributed by atoms with van der Waals surface area (Å²) in [6.07, 6.45) is 6.64. The van der Waals surface area contributed by atoms with Crippen LogP contribution in [0.25, 0.3) is 0 Å². The summed E-state index contributed by atoms with van der Waals surface area (Å²) >= 11 is 0. The molecular weight excluding hydrogens is 244 g/mol. The number of likely N-dealkylation sites (tertiary alicyclic amines) is 1. The number of hydrogen-bond donors (Lipinski definition) is 2. The molecule has 1 aliphatic carbocycles. The van der Waals surface area contributed by atoms with Gasteiger partial charge in [0, 0.05) is 13.1 Å². The van der Waals surface area contributed by atoms with E-state index in [1.165, 1.54) is 26.4 Å². The quantitative estimate of drug-likeness (QED) is 0.580. The van der Waals surface area contributed by atoms with E-state index in [0.29, 0.717) is 12.0 Å². The number of carbonyl (C=O) groups excluding carboxylic acids is 1. The Morgan fingerprint density at radius 1 is 1.32 bits per heavy atom. The van der Waals surface area contributed by atoms with Gasteiger partial charge >= 0.3 is 6.09 Å². The fourth-order valence-electron chi connectivity index (χ4n) is 2.79. The van der Waals surface area contributed by atoms with Gasteiger partial charge in [0.1, 0.15) is 0 Å². The van der Waals surface area contributed by atoms with Crippen molar-refractivity contribution in [1.29, 1.82) is 0 Å². The van der Waals surface area contributed by atoms with Gasteiger partial charge in [0.2, 0.25) is 0 Å². The first kappa shape index (κ1) is 14.0. The minimum Gasteiger partial charge on any atom is -0.453 e. The minimum atomic E-state index is -0.380. The third-order valence-electron chi connectivity index (χ3n) is 3.91. The molecule has 2 fully saturated rings. The summed E-state index contributed by atoms with van der Waals surface area (Å²) in [6, 6.07) is 0.494. The maximum Gasteiger partial charge on any atom is 0.407 e. The van der Waals surface area contributed by atoms with Gasteiger partial charge in [-0.1, -0.05) is 19.3 Å². The average molecular weight is 268 g/mol. The maximum absolute atomic E-state index is 11.1. The number of ether oxygens (including phenoxy) is 1. The molecule has 0 spiro atoms. The van der Waals surface area contributed by atoms with E-state index >= 15 is 0 Å². The third kappa shape index (κ3) is 4.01. The molecule has 6 heteroatoms. The molecule has 1 atom stereocenters. The number of carbonyl (C=O) groups is 1. The first-order chi connectivity index (χ1) is 9.19. The van der Waals surface area contributed by atoms with Gasteiger partial charge in [-0.25, -0.2) is 9.79 Å². The fourth-order valence-corrected chi connectivity index (χ4v) is 2.79. The number of nitrogens with two attached hydrogens (primary N) is 1. The lowest BCUT2D eigenvalue weighted by molar-refractivity contribution is 0.167. The molecule has 1 heterocycles. The van der Waals surface area contributed by atoms with Crippen molar-refractivity contribution < 1.29 is 9.53 Å². The predicted molar refractivity (Wildman–Crippen MR) is 74.0 cm³/mol. The highest BCUT2D eigenvalue weighted by Crippen LogP contribution is 2.20. The topological polar surface area (TPSA) is 80.0 Å². The monoisotopic (exact) mass is 268 g/mol. The fraction of sp³-hybridized carbons (Fsp3) is 0.846. The Morgan fingerprint density at radius 2 is 2.05 bits per heavy atom. The highest BCUT2D eigenvalue weighted by Gasteiger charge is 2.26. The molecule has 108 valence electrons. The normalized spacial score (nSPS) is 25.4. The minimum absolute atomic E-state index is 0.104. The Balaban J connectivity index is 1.82. The second-order valence-electron chi connectivity index (χ2n) is 5.35. The van der Waals surface area contributed by atoms with Gasteiger partial charge in [0.25, 0.3) is 0 Å². The second-order valence-corrected chi connectivity index (χ2v) is 5.35. The zero-order chi connectivity index (χ0) is 13.7. The molecule has 3 N–H and O–H groups in total. The van der Waals surface area contributed by atoms with Crippen molar-refractivity contribution in [2.75, 3.05) is 20.2 Å². The highest BCUT2D eigenvalue weighted by molar-refractivity contribution is 5.78. The molecule has 1 aliphatic heterocycles. The number of guanidine groups is 1. The van der Waals surface area contributed by atoms with E-state index in [9.17, 15) is 4.79 Å². The Morgan fingerprint density at radius 3 is 2.74 bits per heavy atom. The van der Waals surface area contributed by atoms with Crippen molar-refractivity contribution in [3.63, 3.8) is 0 Å². The van der Waals surface area contributed by atoms with Crippen LogP contribution >= 0.6 is 0 Å². The molecule has 1 unspecified atom stereocenters. The van der Waals surface area contributed by atoms with Crippen molar-refractivity contribution in [2.24, 2.45) is 10.7 Å². The van der Waals surface area contributed by atoms with Crippen molar-refractivity contribution in [2.45, 2.75) is 50.6 Å². The van der Waals surface area contributed by atoms with Gasteiger partial charge in [-0.2, -0.15) is 0 Å². The van der Waals surface area contributed by atoms with E-state index in [1.807, 2.05) is 0 Å². The van der Waals surface area contributed by atoms with E-state index in [2.05, 4.69) is 19.9 Å². The zero-order valence-electron chi connectivity index (χ0n) is 11.6. The van der Waals surface area contributed by atoms with Crippen molar-refractivity contribution in [3.8, 4) is 0 Å². The van der Waals surface area contributed by atoms with Crippen LogP contribution in [-0.2, 0) is 4.74 Å². The number of methoxy groups -OCH3 is 1. The molecule has 1 saturated heterocycles. The largest absolute Gasteiger partial charge is 0.453 e. The Hall–Kier alpha value is -1.46. The van der Waals surface area contributed by atoms with Crippen LogP contribution in [0.15, 0.2) is 4.99 Å². The van der Waals surface area contributed by atoms with Crippen LogP contribution in [-0.4, -0.2) is 49.2 Å². The van der Waals surface area contributed by atoms with Crippen LogP contribution in [0.4, 0.5) is 4.79 Å². The van der Waals surface area contributed by atoms with Crippen molar-refractivity contribution >= 4 is 12.1 Å².